The Labute approximate surface area is 167 Å². The molecule has 1 N–H and O–H groups in total. The van der Waals surface area contributed by atoms with E-state index in [-0.39, 0.29) is 5.91 Å². The van der Waals surface area contributed by atoms with Crippen LogP contribution in [0.25, 0.3) is 0 Å². The number of piperazine rings is 1. The Bertz CT molecular complexity index is 769. The van der Waals surface area contributed by atoms with Crippen molar-refractivity contribution in [1.82, 2.24) is 14.7 Å². The van der Waals surface area contributed by atoms with Gasteiger partial charge in [-0.2, -0.15) is 0 Å². The molecule has 2 aromatic carbocycles. The monoisotopic (exact) mass is 378 g/mol. The number of nitrogens with one attached hydrogen (secondary N) is 1. The van der Waals surface area contributed by atoms with Crippen LogP contribution in [0.3, 0.4) is 0 Å². The first kappa shape index (κ1) is 19.0. The van der Waals surface area contributed by atoms with Gasteiger partial charge in [0.05, 0.1) is 0 Å². The fourth-order valence-electron chi connectivity index (χ4n) is 4.03. The summed E-state index contributed by atoms with van der Waals surface area (Å²) in [5, 5.41) is 3.53. The molecular weight excluding hydrogens is 348 g/mol. The molecule has 2 aromatic rings. The minimum Gasteiger partial charge on any atom is -0.380 e. The summed E-state index contributed by atoms with van der Waals surface area (Å²) in [7, 11) is 2.18. The van der Waals surface area contributed by atoms with E-state index in [4.69, 9.17) is 0 Å². The van der Waals surface area contributed by atoms with Gasteiger partial charge in [0.25, 0.3) is 5.91 Å². The predicted molar refractivity (Wildman–Crippen MR) is 114 cm³/mol. The molecule has 0 aromatic heterocycles. The van der Waals surface area contributed by atoms with E-state index in [2.05, 4.69) is 46.4 Å². The molecule has 0 spiro atoms. The van der Waals surface area contributed by atoms with Crippen molar-refractivity contribution in [3.05, 3.63) is 65.7 Å². The lowest BCUT2D eigenvalue weighted by atomic mass is 10.1. The topological polar surface area (TPSA) is 38.8 Å². The Morgan fingerprint density at radius 1 is 0.964 bits per heavy atom. The molecule has 2 heterocycles. The van der Waals surface area contributed by atoms with Gasteiger partial charge in [-0.3, -0.25) is 9.69 Å². The van der Waals surface area contributed by atoms with Crippen molar-refractivity contribution in [1.29, 1.82) is 0 Å². The minimum absolute atomic E-state index is 0.142. The van der Waals surface area contributed by atoms with Crippen LogP contribution in [0.1, 0.15) is 22.3 Å². The van der Waals surface area contributed by atoms with Crippen LogP contribution in [-0.4, -0.2) is 73.0 Å². The summed E-state index contributed by atoms with van der Waals surface area (Å²) >= 11 is 0. The minimum atomic E-state index is 0.142. The predicted octanol–water partition coefficient (Wildman–Crippen LogP) is 2.76. The van der Waals surface area contributed by atoms with Gasteiger partial charge in [-0.05, 0) is 43.3 Å². The maximum atomic E-state index is 12.9. The summed E-state index contributed by atoms with van der Waals surface area (Å²) in [5.74, 6) is 0.142. The Hall–Kier alpha value is -2.37. The fraction of sp³-hybridized carbons (Fsp3) is 0.435. The highest BCUT2D eigenvalue weighted by atomic mass is 16.2. The van der Waals surface area contributed by atoms with Crippen LogP contribution in [0.15, 0.2) is 54.6 Å². The van der Waals surface area contributed by atoms with Gasteiger partial charge in [0, 0.05) is 63.1 Å². The highest BCUT2D eigenvalue weighted by Crippen LogP contribution is 2.18. The molecule has 28 heavy (non-hydrogen) atoms. The number of likely N-dealkylation sites (N-methyl/N-ethyl adjacent to an activating group) is 1. The third-order valence-corrected chi connectivity index (χ3v) is 5.82. The number of para-hydroxylation sites is 1. The van der Waals surface area contributed by atoms with Crippen LogP contribution < -0.4 is 5.32 Å². The lowest BCUT2D eigenvalue weighted by Gasteiger charge is -2.32. The van der Waals surface area contributed by atoms with E-state index in [0.29, 0.717) is 6.04 Å². The second kappa shape index (κ2) is 8.76. The van der Waals surface area contributed by atoms with E-state index < -0.39 is 0 Å². The van der Waals surface area contributed by atoms with Crippen LogP contribution in [0.4, 0.5) is 5.69 Å². The van der Waals surface area contributed by atoms with Crippen molar-refractivity contribution < 1.29 is 4.79 Å². The molecule has 2 fully saturated rings. The van der Waals surface area contributed by atoms with Crippen LogP contribution in [0, 0.1) is 0 Å². The number of benzene rings is 2. The molecule has 2 aliphatic rings. The Balaban J connectivity index is 1.30. The van der Waals surface area contributed by atoms with E-state index >= 15 is 0 Å². The zero-order valence-electron chi connectivity index (χ0n) is 16.7. The van der Waals surface area contributed by atoms with E-state index in [0.717, 1.165) is 63.5 Å². The summed E-state index contributed by atoms with van der Waals surface area (Å²) in [4.78, 5) is 19.7. The first-order chi connectivity index (χ1) is 13.7. The van der Waals surface area contributed by atoms with Gasteiger partial charge in [-0.1, -0.05) is 30.3 Å². The van der Waals surface area contributed by atoms with E-state index in [1.165, 1.54) is 5.56 Å². The van der Waals surface area contributed by atoms with Crippen LogP contribution in [-0.2, 0) is 6.54 Å². The van der Waals surface area contributed by atoms with Crippen molar-refractivity contribution in [2.45, 2.75) is 19.0 Å². The number of rotatable bonds is 5. The molecule has 5 heteroatoms. The molecule has 0 saturated carbocycles. The molecule has 0 radical (unpaired) electrons. The van der Waals surface area contributed by atoms with Crippen molar-refractivity contribution in [2.75, 3.05) is 51.6 Å². The number of anilines is 1. The number of hydrogen-bond acceptors (Lipinski definition) is 4. The summed E-state index contributed by atoms with van der Waals surface area (Å²) in [5.41, 5.74) is 3.20. The maximum Gasteiger partial charge on any atom is 0.253 e. The number of hydrogen-bond donors (Lipinski definition) is 1. The van der Waals surface area contributed by atoms with Crippen molar-refractivity contribution >= 4 is 11.6 Å². The van der Waals surface area contributed by atoms with Crippen LogP contribution in [0.5, 0.6) is 0 Å². The number of likely N-dealkylation sites (tertiary alicyclic amines) is 1. The first-order valence-corrected chi connectivity index (χ1v) is 10.3. The van der Waals surface area contributed by atoms with Gasteiger partial charge < -0.3 is 15.1 Å². The molecule has 1 amide bonds. The van der Waals surface area contributed by atoms with Gasteiger partial charge in [0.15, 0.2) is 0 Å². The first-order valence-electron chi connectivity index (χ1n) is 10.3. The number of carbonyl (C=O) groups is 1. The quantitative estimate of drug-likeness (QED) is 0.868. The Morgan fingerprint density at radius 2 is 1.68 bits per heavy atom. The van der Waals surface area contributed by atoms with Crippen LogP contribution in [0.2, 0.25) is 0 Å². The fourth-order valence-corrected chi connectivity index (χ4v) is 4.03. The van der Waals surface area contributed by atoms with Crippen LogP contribution >= 0.6 is 0 Å². The average Bonchev–Trinajstić information content (AvgIpc) is 3.19. The lowest BCUT2D eigenvalue weighted by Crippen LogP contribution is -2.43. The molecule has 0 bridgehead atoms. The molecule has 5 nitrogen and oxygen atoms in total. The molecule has 1 atom stereocenters. The standard InChI is InChI=1S/C23H30N4O/c1-25-13-15-26(16-14-25)17-19-7-9-20(10-8-19)23(28)27-12-11-22(18-27)24-21-5-3-2-4-6-21/h2-10,22,24H,11-18H2,1H3. The largest absolute Gasteiger partial charge is 0.380 e. The number of nitrogens with zero attached hydrogens (tertiary/aromatic N) is 3. The third kappa shape index (κ3) is 4.72. The molecular formula is C23H30N4O. The summed E-state index contributed by atoms with van der Waals surface area (Å²) < 4.78 is 0. The molecule has 2 saturated heterocycles. The second-order valence-corrected chi connectivity index (χ2v) is 8.02. The molecule has 0 aliphatic carbocycles. The normalized spacial score (nSPS) is 21.0. The third-order valence-electron chi connectivity index (χ3n) is 5.82. The summed E-state index contributed by atoms with van der Waals surface area (Å²) in [6.45, 7) is 7.02. The molecule has 148 valence electrons. The van der Waals surface area contributed by atoms with E-state index in [1.807, 2.05) is 35.2 Å². The van der Waals surface area contributed by atoms with Crippen molar-refractivity contribution in [2.24, 2.45) is 0 Å². The Morgan fingerprint density at radius 3 is 2.39 bits per heavy atom. The highest BCUT2D eigenvalue weighted by molar-refractivity contribution is 5.94. The highest BCUT2D eigenvalue weighted by Gasteiger charge is 2.26. The summed E-state index contributed by atoms with van der Waals surface area (Å²) in [6, 6.07) is 18.8. The second-order valence-electron chi connectivity index (χ2n) is 8.02. The maximum absolute atomic E-state index is 12.9. The van der Waals surface area contributed by atoms with Crippen molar-refractivity contribution in [3.63, 3.8) is 0 Å². The lowest BCUT2D eigenvalue weighted by molar-refractivity contribution is 0.0791. The SMILES string of the molecule is CN1CCN(Cc2ccc(C(=O)N3CCC(Nc4ccccc4)C3)cc2)CC1. The molecule has 2 aliphatic heterocycles. The number of amides is 1. The average molecular weight is 379 g/mol. The van der Waals surface area contributed by atoms with Gasteiger partial charge in [-0.15, -0.1) is 0 Å². The summed E-state index contributed by atoms with van der Waals surface area (Å²) in [6.07, 6.45) is 0.988. The molecule has 1 unspecified atom stereocenters. The van der Waals surface area contributed by atoms with Gasteiger partial charge >= 0.3 is 0 Å². The molecule has 4 rings (SSSR count). The van der Waals surface area contributed by atoms with Gasteiger partial charge in [0.1, 0.15) is 0 Å². The van der Waals surface area contributed by atoms with Gasteiger partial charge in [-0.25, -0.2) is 0 Å². The zero-order chi connectivity index (χ0) is 19.3. The zero-order valence-corrected chi connectivity index (χ0v) is 16.7. The smallest absolute Gasteiger partial charge is 0.253 e. The number of carbonyl (C=O) groups excluding carboxylic acids is 1. The van der Waals surface area contributed by atoms with Gasteiger partial charge in [0.2, 0.25) is 0 Å². The van der Waals surface area contributed by atoms with Crippen molar-refractivity contribution in [3.8, 4) is 0 Å². The van der Waals surface area contributed by atoms with E-state index in [9.17, 15) is 4.79 Å². The Kier molecular flexibility index (Phi) is 5.93. The van der Waals surface area contributed by atoms with E-state index in [1.54, 1.807) is 0 Å².